The van der Waals surface area contributed by atoms with E-state index in [-0.39, 0.29) is 23.0 Å². The van der Waals surface area contributed by atoms with Gasteiger partial charge in [-0.25, -0.2) is 4.39 Å². The van der Waals surface area contributed by atoms with Gasteiger partial charge in [0.25, 0.3) is 0 Å². The maximum absolute atomic E-state index is 12.6. The third kappa shape index (κ3) is 4.55. The largest absolute Gasteiger partial charge is 0.390 e. The van der Waals surface area contributed by atoms with Crippen molar-refractivity contribution in [1.29, 1.82) is 0 Å². The number of hydrogen-bond donors (Lipinski definition) is 1. The molecule has 1 rings (SSSR count). The second-order valence-corrected chi connectivity index (χ2v) is 3.50. The molecule has 0 fully saturated rings. The van der Waals surface area contributed by atoms with Crippen LogP contribution in [-0.4, -0.2) is 6.18 Å². The maximum Gasteiger partial charge on any atom is 0.390 e. The smallest absolute Gasteiger partial charge is 0.324 e. The standard InChI is InChI=1S/C9H8ClF4N.ClH/c10-7-3-5(11)1-2-6(7)8(15)4-9(12,13)14;/h1-3,8H,4,15H2;1H/t8-;/m0./s1. The third-order valence-corrected chi connectivity index (χ3v) is 2.14. The van der Waals surface area contributed by atoms with Gasteiger partial charge >= 0.3 is 6.18 Å². The van der Waals surface area contributed by atoms with Crippen molar-refractivity contribution in [2.45, 2.75) is 18.6 Å². The van der Waals surface area contributed by atoms with E-state index in [1.165, 1.54) is 0 Å². The van der Waals surface area contributed by atoms with Crippen molar-refractivity contribution >= 4 is 24.0 Å². The molecule has 1 aromatic carbocycles. The Bertz CT molecular complexity index is 354. The summed E-state index contributed by atoms with van der Waals surface area (Å²) in [4.78, 5) is 0. The van der Waals surface area contributed by atoms with Crippen LogP contribution in [0.4, 0.5) is 17.6 Å². The fraction of sp³-hybridized carbons (Fsp3) is 0.333. The first kappa shape index (κ1) is 15.5. The molecule has 0 saturated heterocycles. The molecular formula is C9H9Cl2F4N. The summed E-state index contributed by atoms with van der Waals surface area (Å²) in [5.41, 5.74) is 5.40. The van der Waals surface area contributed by atoms with Crippen molar-refractivity contribution in [1.82, 2.24) is 0 Å². The second-order valence-electron chi connectivity index (χ2n) is 3.09. The summed E-state index contributed by atoms with van der Waals surface area (Å²) in [7, 11) is 0. The molecule has 0 amide bonds. The van der Waals surface area contributed by atoms with Gasteiger partial charge in [-0.3, -0.25) is 0 Å². The van der Waals surface area contributed by atoms with Crippen molar-refractivity contribution in [3.8, 4) is 0 Å². The molecule has 0 saturated carbocycles. The minimum absolute atomic E-state index is 0. The van der Waals surface area contributed by atoms with Crippen LogP contribution >= 0.6 is 24.0 Å². The lowest BCUT2D eigenvalue weighted by Crippen LogP contribution is -2.20. The number of rotatable bonds is 2. The highest BCUT2D eigenvalue weighted by Gasteiger charge is 2.31. The maximum atomic E-state index is 12.6. The molecule has 0 radical (unpaired) electrons. The second kappa shape index (κ2) is 5.70. The zero-order valence-corrected chi connectivity index (χ0v) is 9.46. The molecule has 16 heavy (non-hydrogen) atoms. The number of benzene rings is 1. The summed E-state index contributed by atoms with van der Waals surface area (Å²) in [5, 5.41) is -0.0910. The summed E-state index contributed by atoms with van der Waals surface area (Å²) in [6.07, 6.45) is -5.55. The Kier molecular flexibility index (Phi) is 5.52. The highest BCUT2D eigenvalue weighted by atomic mass is 35.5. The molecule has 0 spiro atoms. The van der Waals surface area contributed by atoms with Gasteiger partial charge in [-0.05, 0) is 17.7 Å². The molecule has 0 aliphatic carbocycles. The SMILES string of the molecule is Cl.N[C@@H](CC(F)(F)F)c1ccc(F)cc1Cl. The Morgan fingerprint density at radius 2 is 1.88 bits per heavy atom. The number of alkyl halides is 3. The van der Waals surface area contributed by atoms with Crippen molar-refractivity contribution in [3.05, 3.63) is 34.6 Å². The van der Waals surface area contributed by atoms with Crippen LogP contribution in [0.3, 0.4) is 0 Å². The van der Waals surface area contributed by atoms with Crippen LogP contribution in [0.5, 0.6) is 0 Å². The molecule has 2 N–H and O–H groups in total. The van der Waals surface area contributed by atoms with E-state index in [4.69, 9.17) is 17.3 Å². The van der Waals surface area contributed by atoms with Crippen molar-refractivity contribution in [2.75, 3.05) is 0 Å². The van der Waals surface area contributed by atoms with E-state index in [1.807, 2.05) is 0 Å². The highest BCUT2D eigenvalue weighted by molar-refractivity contribution is 6.31. The van der Waals surface area contributed by atoms with Crippen LogP contribution in [0.1, 0.15) is 18.0 Å². The molecule has 0 aliphatic rings. The van der Waals surface area contributed by atoms with Gasteiger partial charge in [-0.2, -0.15) is 13.2 Å². The predicted octanol–water partition coefficient (Wildman–Crippen LogP) is 3.85. The van der Waals surface area contributed by atoms with E-state index in [9.17, 15) is 17.6 Å². The fourth-order valence-corrected chi connectivity index (χ4v) is 1.47. The van der Waals surface area contributed by atoms with E-state index in [1.54, 1.807) is 0 Å². The van der Waals surface area contributed by atoms with Crippen LogP contribution in [0.2, 0.25) is 5.02 Å². The van der Waals surface area contributed by atoms with E-state index < -0.39 is 24.5 Å². The van der Waals surface area contributed by atoms with E-state index in [0.717, 1.165) is 18.2 Å². The first-order chi connectivity index (χ1) is 6.79. The van der Waals surface area contributed by atoms with Crippen LogP contribution in [0.25, 0.3) is 0 Å². The van der Waals surface area contributed by atoms with Crippen molar-refractivity contribution < 1.29 is 17.6 Å². The van der Waals surface area contributed by atoms with E-state index >= 15 is 0 Å². The Morgan fingerprint density at radius 1 is 1.31 bits per heavy atom. The first-order valence-electron chi connectivity index (χ1n) is 4.07. The molecule has 1 atom stereocenters. The van der Waals surface area contributed by atoms with Crippen molar-refractivity contribution in [3.63, 3.8) is 0 Å². The molecule has 7 heteroatoms. The first-order valence-corrected chi connectivity index (χ1v) is 4.44. The van der Waals surface area contributed by atoms with E-state index in [0.29, 0.717) is 0 Å². The Hall–Kier alpha value is -0.520. The number of nitrogens with two attached hydrogens (primary N) is 1. The highest BCUT2D eigenvalue weighted by Crippen LogP contribution is 2.31. The average Bonchev–Trinajstić information content (AvgIpc) is 1.99. The zero-order chi connectivity index (χ0) is 11.6. The lowest BCUT2D eigenvalue weighted by atomic mass is 10.0. The molecule has 0 aromatic heterocycles. The van der Waals surface area contributed by atoms with Gasteiger partial charge < -0.3 is 5.73 Å². The van der Waals surface area contributed by atoms with Gasteiger partial charge in [0.2, 0.25) is 0 Å². The monoisotopic (exact) mass is 277 g/mol. The minimum Gasteiger partial charge on any atom is -0.324 e. The number of halogens is 6. The molecule has 0 aliphatic heterocycles. The van der Waals surface area contributed by atoms with Gasteiger partial charge in [0.05, 0.1) is 6.42 Å². The van der Waals surface area contributed by atoms with Gasteiger partial charge in [0.15, 0.2) is 0 Å². The van der Waals surface area contributed by atoms with Gasteiger partial charge in [0.1, 0.15) is 5.82 Å². The Morgan fingerprint density at radius 3 is 2.31 bits per heavy atom. The average molecular weight is 278 g/mol. The van der Waals surface area contributed by atoms with Crippen molar-refractivity contribution in [2.24, 2.45) is 5.73 Å². The summed E-state index contributed by atoms with van der Waals surface area (Å²) in [6, 6.07) is 1.86. The molecule has 92 valence electrons. The Labute approximate surface area is 101 Å². The van der Waals surface area contributed by atoms with Gasteiger partial charge in [-0.1, -0.05) is 17.7 Å². The summed E-state index contributed by atoms with van der Waals surface area (Å²) in [5.74, 6) is -0.608. The predicted molar refractivity (Wildman–Crippen MR) is 56.3 cm³/mol. The molecule has 0 bridgehead atoms. The lowest BCUT2D eigenvalue weighted by Gasteiger charge is -2.15. The minimum atomic E-state index is -4.36. The van der Waals surface area contributed by atoms with Gasteiger partial charge in [-0.15, -0.1) is 12.4 Å². The summed E-state index contributed by atoms with van der Waals surface area (Å²) < 4.78 is 48.6. The topological polar surface area (TPSA) is 26.0 Å². The van der Waals surface area contributed by atoms with E-state index in [2.05, 4.69) is 0 Å². The van der Waals surface area contributed by atoms with Gasteiger partial charge in [0, 0.05) is 11.1 Å². The zero-order valence-electron chi connectivity index (χ0n) is 7.89. The summed E-state index contributed by atoms with van der Waals surface area (Å²) in [6.45, 7) is 0. The normalized spacial score (nSPS) is 13.1. The van der Waals surface area contributed by atoms with Crippen LogP contribution in [0.15, 0.2) is 18.2 Å². The van der Waals surface area contributed by atoms with Crippen LogP contribution < -0.4 is 5.73 Å². The molecule has 1 nitrogen and oxygen atoms in total. The molecule has 1 aromatic rings. The third-order valence-electron chi connectivity index (χ3n) is 1.81. The van der Waals surface area contributed by atoms with Crippen LogP contribution in [0, 0.1) is 5.82 Å². The molecular weight excluding hydrogens is 269 g/mol. The molecule has 0 heterocycles. The molecule has 0 unspecified atom stereocenters. The lowest BCUT2D eigenvalue weighted by molar-refractivity contribution is -0.138. The quantitative estimate of drug-likeness (QED) is 0.817. The summed E-state index contributed by atoms with van der Waals surface area (Å²) >= 11 is 5.57. The number of hydrogen-bond acceptors (Lipinski definition) is 1. The van der Waals surface area contributed by atoms with Crippen LogP contribution in [-0.2, 0) is 0 Å². The Balaban J connectivity index is 0.00000225. The fourth-order valence-electron chi connectivity index (χ4n) is 1.16.